The molecule has 1 aliphatic rings. The third kappa shape index (κ3) is 3.99. The first-order chi connectivity index (χ1) is 11.7. The number of amides is 1. The number of pyridine rings is 1. The monoisotopic (exact) mass is 359 g/mol. The topological polar surface area (TPSA) is 75.0 Å². The molecule has 1 aromatic carbocycles. The zero-order valence-corrected chi connectivity index (χ0v) is 14.2. The highest BCUT2D eigenvalue weighted by Gasteiger charge is 2.18. The van der Waals surface area contributed by atoms with Gasteiger partial charge in [-0.25, -0.2) is 4.98 Å². The molecule has 0 unspecified atom stereocenters. The standard InChI is InChI=1S/C17H14ClN3O2S/c18-13-2-1-12(9-19)15(8-13)21-17(22)11-3-5-20-16(7-11)23-14-4-6-24-10-14/h1-3,5,7-8,14H,4,6,10H2,(H,21,22)/t14-/m0/s1. The Kier molecular flexibility index (Phi) is 5.24. The van der Waals surface area contributed by atoms with Crippen molar-refractivity contribution < 1.29 is 9.53 Å². The van der Waals surface area contributed by atoms with Gasteiger partial charge in [-0.2, -0.15) is 17.0 Å². The smallest absolute Gasteiger partial charge is 0.255 e. The Morgan fingerprint density at radius 2 is 2.29 bits per heavy atom. The predicted molar refractivity (Wildman–Crippen MR) is 94.7 cm³/mol. The number of ether oxygens (including phenoxy) is 1. The lowest BCUT2D eigenvalue weighted by Gasteiger charge is -2.12. The number of nitrogens with zero attached hydrogens (tertiary/aromatic N) is 2. The molecule has 1 N–H and O–H groups in total. The highest BCUT2D eigenvalue weighted by molar-refractivity contribution is 7.99. The molecule has 1 fully saturated rings. The van der Waals surface area contributed by atoms with E-state index in [1.54, 1.807) is 30.3 Å². The first-order valence-electron chi connectivity index (χ1n) is 7.37. The Morgan fingerprint density at radius 3 is 3.04 bits per heavy atom. The summed E-state index contributed by atoms with van der Waals surface area (Å²) in [5, 5.41) is 12.3. The third-order valence-corrected chi connectivity index (χ3v) is 4.89. The maximum Gasteiger partial charge on any atom is 0.255 e. The van der Waals surface area contributed by atoms with Crippen molar-refractivity contribution in [2.24, 2.45) is 0 Å². The van der Waals surface area contributed by atoms with Gasteiger partial charge in [-0.05, 0) is 36.4 Å². The Balaban J connectivity index is 1.75. The van der Waals surface area contributed by atoms with Gasteiger partial charge in [-0.3, -0.25) is 4.79 Å². The second kappa shape index (κ2) is 7.56. The number of thioether (sulfide) groups is 1. The SMILES string of the molecule is N#Cc1ccc(Cl)cc1NC(=O)c1ccnc(O[C@H]2CCSC2)c1. The fourth-order valence-electron chi connectivity index (χ4n) is 2.30. The third-order valence-electron chi connectivity index (χ3n) is 3.52. The summed E-state index contributed by atoms with van der Waals surface area (Å²) in [5.74, 6) is 2.10. The number of hydrogen-bond acceptors (Lipinski definition) is 5. The average Bonchev–Trinajstić information content (AvgIpc) is 3.08. The van der Waals surface area contributed by atoms with Crippen LogP contribution in [0.2, 0.25) is 5.02 Å². The lowest BCUT2D eigenvalue weighted by Crippen LogP contribution is -2.17. The minimum absolute atomic E-state index is 0.138. The van der Waals surface area contributed by atoms with Gasteiger partial charge in [0.25, 0.3) is 5.91 Å². The molecule has 0 bridgehead atoms. The lowest BCUT2D eigenvalue weighted by atomic mass is 10.1. The molecule has 0 saturated carbocycles. The summed E-state index contributed by atoms with van der Waals surface area (Å²) >= 11 is 7.77. The van der Waals surface area contributed by atoms with Crippen LogP contribution >= 0.6 is 23.4 Å². The summed E-state index contributed by atoms with van der Waals surface area (Å²) in [4.78, 5) is 16.6. The quantitative estimate of drug-likeness (QED) is 0.899. The Hall–Kier alpha value is -2.23. The molecule has 2 aromatic rings. The highest BCUT2D eigenvalue weighted by Crippen LogP contribution is 2.24. The molecule has 24 heavy (non-hydrogen) atoms. The van der Waals surface area contributed by atoms with E-state index in [0.717, 1.165) is 17.9 Å². The number of benzene rings is 1. The fraction of sp³-hybridized carbons (Fsp3) is 0.235. The van der Waals surface area contributed by atoms with E-state index in [9.17, 15) is 4.79 Å². The van der Waals surface area contributed by atoms with Crippen molar-refractivity contribution in [2.45, 2.75) is 12.5 Å². The largest absolute Gasteiger partial charge is 0.473 e. The maximum absolute atomic E-state index is 12.4. The van der Waals surface area contributed by atoms with Gasteiger partial charge >= 0.3 is 0 Å². The fourth-order valence-corrected chi connectivity index (χ4v) is 3.57. The summed E-state index contributed by atoms with van der Waals surface area (Å²) in [5.41, 5.74) is 1.14. The second-order valence-electron chi connectivity index (χ2n) is 5.24. The molecule has 1 aliphatic heterocycles. The normalized spacial score (nSPS) is 16.4. The van der Waals surface area contributed by atoms with Gasteiger partial charge in [-0.15, -0.1) is 0 Å². The zero-order chi connectivity index (χ0) is 16.9. The number of carbonyl (C=O) groups excluding carboxylic acids is 1. The molecule has 2 heterocycles. The number of halogens is 1. The van der Waals surface area contributed by atoms with Crippen LogP contribution in [0.3, 0.4) is 0 Å². The van der Waals surface area contributed by atoms with Crippen LogP contribution in [0.15, 0.2) is 36.5 Å². The Morgan fingerprint density at radius 1 is 1.42 bits per heavy atom. The highest BCUT2D eigenvalue weighted by atomic mass is 35.5. The van der Waals surface area contributed by atoms with Crippen LogP contribution < -0.4 is 10.1 Å². The second-order valence-corrected chi connectivity index (χ2v) is 6.83. The van der Waals surface area contributed by atoms with Crippen molar-refractivity contribution in [1.29, 1.82) is 5.26 Å². The van der Waals surface area contributed by atoms with Gasteiger partial charge in [0.15, 0.2) is 0 Å². The summed E-state index contributed by atoms with van der Waals surface area (Å²) < 4.78 is 5.79. The number of hydrogen-bond donors (Lipinski definition) is 1. The Labute approximate surface area is 149 Å². The number of nitrogens with one attached hydrogen (secondary N) is 1. The van der Waals surface area contributed by atoms with Crippen molar-refractivity contribution in [1.82, 2.24) is 4.98 Å². The molecule has 5 nitrogen and oxygen atoms in total. The summed E-state index contributed by atoms with van der Waals surface area (Å²) in [6, 6.07) is 9.95. The maximum atomic E-state index is 12.4. The van der Waals surface area contributed by atoms with Crippen molar-refractivity contribution in [2.75, 3.05) is 16.8 Å². The van der Waals surface area contributed by atoms with Gasteiger partial charge in [0.1, 0.15) is 12.2 Å². The number of aromatic nitrogens is 1. The van der Waals surface area contributed by atoms with Crippen LogP contribution in [-0.4, -0.2) is 28.5 Å². The number of nitriles is 1. The van der Waals surface area contributed by atoms with E-state index in [1.807, 2.05) is 17.8 Å². The molecule has 0 aliphatic carbocycles. The van der Waals surface area contributed by atoms with E-state index >= 15 is 0 Å². The molecule has 1 aromatic heterocycles. The molecular weight excluding hydrogens is 346 g/mol. The van der Waals surface area contributed by atoms with Gasteiger partial charge in [0, 0.05) is 28.6 Å². The number of rotatable bonds is 4. The van der Waals surface area contributed by atoms with Crippen molar-refractivity contribution in [3.63, 3.8) is 0 Å². The van der Waals surface area contributed by atoms with Crippen LogP contribution in [0, 0.1) is 11.3 Å². The lowest BCUT2D eigenvalue weighted by molar-refractivity contribution is 0.102. The zero-order valence-electron chi connectivity index (χ0n) is 12.7. The first kappa shape index (κ1) is 16.6. The van der Waals surface area contributed by atoms with E-state index < -0.39 is 0 Å². The van der Waals surface area contributed by atoms with Gasteiger partial charge < -0.3 is 10.1 Å². The number of carbonyl (C=O) groups is 1. The molecule has 7 heteroatoms. The van der Waals surface area contributed by atoms with E-state index in [1.165, 1.54) is 6.20 Å². The average molecular weight is 360 g/mol. The van der Waals surface area contributed by atoms with Gasteiger partial charge in [0.05, 0.1) is 11.3 Å². The van der Waals surface area contributed by atoms with Crippen LogP contribution in [0.5, 0.6) is 5.88 Å². The molecule has 3 rings (SSSR count). The molecule has 122 valence electrons. The van der Waals surface area contributed by atoms with Crippen LogP contribution in [0.4, 0.5) is 5.69 Å². The molecule has 0 radical (unpaired) electrons. The van der Waals surface area contributed by atoms with Crippen molar-refractivity contribution >= 4 is 35.0 Å². The summed E-state index contributed by atoms with van der Waals surface area (Å²) in [6.07, 6.45) is 2.66. The van der Waals surface area contributed by atoms with Crippen LogP contribution in [0.25, 0.3) is 0 Å². The summed E-state index contributed by atoms with van der Waals surface area (Å²) in [7, 11) is 0. The minimum atomic E-state index is -0.346. The molecule has 1 atom stereocenters. The van der Waals surface area contributed by atoms with Gasteiger partial charge in [0.2, 0.25) is 5.88 Å². The number of anilines is 1. The van der Waals surface area contributed by atoms with Crippen molar-refractivity contribution in [3.05, 3.63) is 52.7 Å². The predicted octanol–water partition coefficient (Wildman–Crippen LogP) is 3.74. The summed E-state index contributed by atoms with van der Waals surface area (Å²) in [6.45, 7) is 0. The molecular formula is C17H14ClN3O2S. The van der Waals surface area contributed by atoms with E-state index in [-0.39, 0.29) is 12.0 Å². The molecule has 1 saturated heterocycles. The van der Waals surface area contributed by atoms with Crippen LogP contribution in [0.1, 0.15) is 22.3 Å². The Bertz CT molecular complexity index is 801. The first-order valence-corrected chi connectivity index (χ1v) is 8.90. The minimum Gasteiger partial charge on any atom is -0.473 e. The molecule has 1 amide bonds. The van der Waals surface area contributed by atoms with Crippen LogP contribution in [-0.2, 0) is 0 Å². The van der Waals surface area contributed by atoms with E-state index in [4.69, 9.17) is 21.6 Å². The molecule has 0 spiro atoms. The van der Waals surface area contributed by atoms with E-state index in [0.29, 0.717) is 27.7 Å². The van der Waals surface area contributed by atoms with E-state index in [2.05, 4.69) is 10.3 Å². The van der Waals surface area contributed by atoms with Gasteiger partial charge in [-0.1, -0.05) is 11.6 Å². The van der Waals surface area contributed by atoms with Crippen molar-refractivity contribution in [3.8, 4) is 11.9 Å².